The summed E-state index contributed by atoms with van der Waals surface area (Å²) in [6, 6.07) is 32.5. The highest BCUT2D eigenvalue weighted by molar-refractivity contribution is 6.21. The van der Waals surface area contributed by atoms with Crippen LogP contribution in [0.2, 0.25) is 0 Å². The largest absolute Gasteiger partial charge is 0.881 e. The van der Waals surface area contributed by atoms with Crippen molar-refractivity contribution in [2.75, 3.05) is 0 Å². The predicted octanol–water partition coefficient (Wildman–Crippen LogP) is 6.28. The van der Waals surface area contributed by atoms with Gasteiger partial charge in [0.2, 0.25) is 5.89 Å². The standard InChI is InChI=1S/C13H9NO2.C12H10O2.Al/c15-11-7-3-1-5-9(11)13-14-10-6-2-4-8-12(10)16-13;13-10-6-8-12(9-7-10)14-11-4-2-1-3-5-11;/h1-8,15H;1-9,13H;/q;;+2/p-2. The van der Waals surface area contributed by atoms with E-state index in [4.69, 9.17) is 16.7 Å². The van der Waals surface area contributed by atoms with E-state index in [0.29, 0.717) is 11.6 Å². The fourth-order valence-electron chi connectivity index (χ4n) is 3.08. The summed E-state index contributed by atoms with van der Waals surface area (Å²) in [6.07, 6.45) is 0. The summed E-state index contributed by atoms with van der Waals surface area (Å²) in [5.41, 5.74) is 2.35. The molecule has 0 N–H and O–H groups in total. The molecule has 0 aliphatic carbocycles. The number of hydrogen-bond donors (Lipinski definition) is 0. The minimum absolute atomic E-state index is 0.526. The van der Waals surface area contributed by atoms with Gasteiger partial charge in [-0.3, -0.25) is 0 Å². The zero-order valence-corrected chi connectivity index (χ0v) is 17.6. The van der Waals surface area contributed by atoms with E-state index in [1.807, 2.05) is 103 Å². The van der Waals surface area contributed by atoms with E-state index in [9.17, 15) is 0 Å². The average Bonchev–Trinajstić information content (AvgIpc) is 3.25. The van der Waals surface area contributed by atoms with Crippen LogP contribution in [-0.4, -0.2) is 20.9 Å². The monoisotopic (exact) mass is 422 g/mol. The maximum absolute atomic E-state index is 5.95. The van der Waals surface area contributed by atoms with E-state index < -0.39 is 15.9 Å². The predicted molar refractivity (Wildman–Crippen MR) is 119 cm³/mol. The fourth-order valence-corrected chi connectivity index (χ4v) is 3.70. The van der Waals surface area contributed by atoms with Crippen molar-refractivity contribution in [3.05, 3.63) is 103 Å². The molecule has 6 heteroatoms. The highest BCUT2D eigenvalue weighted by Crippen LogP contribution is 2.31. The molecule has 5 rings (SSSR count). The Labute approximate surface area is 186 Å². The van der Waals surface area contributed by atoms with Crippen LogP contribution in [0.15, 0.2) is 108 Å². The van der Waals surface area contributed by atoms with Crippen molar-refractivity contribution in [2.24, 2.45) is 0 Å². The second-order valence-corrected chi connectivity index (χ2v) is 7.37. The van der Waals surface area contributed by atoms with Gasteiger partial charge in [0.25, 0.3) is 0 Å². The molecule has 149 valence electrons. The van der Waals surface area contributed by atoms with Crippen LogP contribution in [0.4, 0.5) is 0 Å². The summed E-state index contributed by atoms with van der Waals surface area (Å²) in [6.45, 7) is 0. The number of aromatic nitrogens is 1. The molecule has 0 unspecified atom stereocenters. The minimum atomic E-state index is -0.771. The Bertz CT molecular complexity index is 1250. The molecular weight excluding hydrogens is 405 g/mol. The number of rotatable bonds is 7. The van der Waals surface area contributed by atoms with Crippen molar-refractivity contribution >= 4 is 27.0 Å². The smallest absolute Gasteiger partial charge is 0.616 e. The van der Waals surface area contributed by atoms with Gasteiger partial charge in [0, 0.05) is 0 Å². The Kier molecular flexibility index (Phi) is 5.57. The lowest BCUT2D eigenvalue weighted by Gasteiger charge is -2.11. The number of para-hydroxylation sites is 4. The molecule has 1 radical (unpaired) electrons. The van der Waals surface area contributed by atoms with Gasteiger partial charge in [-0.05, 0) is 60.7 Å². The first-order chi connectivity index (χ1) is 15.3. The number of nitrogens with zero attached hydrogens (tertiary/aromatic N) is 1. The number of hydrogen-bond acceptors (Lipinski definition) is 5. The third kappa shape index (κ3) is 4.56. The molecule has 0 aliphatic rings. The Morgan fingerprint density at radius 3 is 2.13 bits per heavy atom. The molecule has 5 aromatic rings. The van der Waals surface area contributed by atoms with E-state index in [1.54, 1.807) is 0 Å². The molecule has 1 heterocycles. The zero-order chi connectivity index (χ0) is 20.9. The lowest BCUT2D eigenvalue weighted by molar-refractivity contribution is 0.455. The van der Waals surface area contributed by atoms with Crippen LogP contribution in [0, 0.1) is 0 Å². The van der Waals surface area contributed by atoms with Crippen molar-refractivity contribution in [3.8, 4) is 34.5 Å². The van der Waals surface area contributed by atoms with Crippen LogP contribution in [0.3, 0.4) is 0 Å². The Hall–Kier alpha value is -3.72. The Balaban J connectivity index is 1.24. The molecule has 0 saturated carbocycles. The van der Waals surface area contributed by atoms with E-state index >= 15 is 0 Å². The van der Waals surface area contributed by atoms with E-state index in [1.165, 1.54) is 0 Å². The van der Waals surface area contributed by atoms with Crippen LogP contribution in [-0.2, 0) is 0 Å². The Morgan fingerprint density at radius 2 is 1.29 bits per heavy atom. The summed E-state index contributed by atoms with van der Waals surface area (Å²) in [4.78, 5) is 4.56. The number of benzene rings is 4. The first kappa shape index (κ1) is 19.3. The maximum atomic E-state index is 5.95. The van der Waals surface area contributed by atoms with Gasteiger partial charge in [0.05, 0.1) is 17.1 Å². The SMILES string of the molecule is c1ccc(Oc2ccc([O][Al][O]c3ccccc3-c3nc4ccccc4o3)cc2)cc1. The van der Waals surface area contributed by atoms with Crippen LogP contribution < -0.4 is 12.3 Å². The molecule has 0 fully saturated rings. The van der Waals surface area contributed by atoms with Gasteiger partial charge in [-0.1, -0.05) is 42.5 Å². The molecule has 0 spiro atoms. The molecular formula is C25H17AlNO4. The van der Waals surface area contributed by atoms with E-state index in [-0.39, 0.29) is 0 Å². The van der Waals surface area contributed by atoms with Gasteiger partial charge in [-0.2, -0.15) is 0 Å². The first-order valence-corrected chi connectivity index (χ1v) is 10.7. The lowest BCUT2D eigenvalue weighted by atomic mass is 10.2. The molecule has 0 aliphatic heterocycles. The van der Waals surface area contributed by atoms with Gasteiger partial charge in [-0.25, -0.2) is 4.98 Å². The molecule has 0 bridgehead atoms. The number of oxazole rings is 1. The quantitative estimate of drug-likeness (QED) is 0.289. The molecule has 5 nitrogen and oxygen atoms in total. The molecule has 0 amide bonds. The van der Waals surface area contributed by atoms with Crippen LogP contribution >= 0.6 is 0 Å². The fraction of sp³-hybridized carbons (Fsp3) is 0. The van der Waals surface area contributed by atoms with Gasteiger partial charge in [0.1, 0.15) is 17.0 Å². The van der Waals surface area contributed by atoms with Gasteiger partial charge >= 0.3 is 15.9 Å². The molecule has 31 heavy (non-hydrogen) atoms. The van der Waals surface area contributed by atoms with Gasteiger partial charge in [0.15, 0.2) is 5.58 Å². The highest BCUT2D eigenvalue weighted by atomic mass is 27.2. The first-order valence-electron chi connectivity index (χ1n) is 9.78. The lowest BCUT2D eigenvalue weighted by Crippen LogP contribution is -2.11. The van der Waals surface area contributed by atoms with Crippen molar-refractivity contribution in [3.63, 3.8) is 0 Å². The molecule has 0 saturated heterocycles. The molecule has 1 aromatic heterocycles. The Morgan fingerprint density at radius 1 is 0.613 bits per heavy atom. The van der Waals surface area contributed by atoms with Crippen LogP contribution in [0.5, 0.6) is 23.0 Å². The molecule has 4 aromatic carbocycles. The van der Waals surface area contributed by atoms with Crippen molar-refractivity contribution in [1.82, 2.24) is 4.98 Å². The third-order valence-corrected chi connectivity index (χ3v) is 5.29. The molecule has 0 atom stereocenters. The van der Waals surface area contributed by atoms with Crippen molar-refractivity contribution in [1.29, 1.82) is 0 Å². The van der Waals surface area contributed by atoms with Gasteiger partial charge < -0.3 is 16.7 Å². The second kappa shape index (κ2) is 8.97. The normalized spacial score (nSPS) is 10.6. The van der Waals surface area contributed by atoms with Crippen LogP contribution in [0.1, 0.15) is 0 Å². The second-order valence-electron chi connectivity index (χ2n) is 6.70. The summed E-state index contributed by atoms with van der Waals surface area (Å²) >= 11 is -0.771. The maximum Gasteiger partial charge on any atom is 0.881 e. The van der Waals surface area contributed by atoms with Crippen LogP contribution in [0.25, 0.3) is 22.6 Å². The summed E-state index contributed by atoms with van der Waals surface area (Å²) in [5, 5.41) is 0. The topological polar surface area (TPSA) is 53.7 Å². The summed E-state index contributed by atoms with van der Waals surface area (Å²) in [5.74, 6) is 3.46. The van der Waals surface area contributed by atoms with Crippen molar-refractivity contribution in [2.45, 2.75) is 0 Å². The van der Waals surface area contributed by atoms with Crippen molar-refractivity contribution < 1.29 is 16.7 Å². The number of ether oxygens (including phenoxy) is 1. The summed E-state index contributed by atoms with van der Waals surface area (Å²) < 4.78 is 23.5. The van der Waals surface area contributed by atoms with Gasteiger partial charge in [-0.15, -0.1) is 0 Å². The number of fused-ring (bicyclic) bond motifs is 1. The highest BCUT2D eigenvalue weighted by Gasteiger charge is 2.15. The zero-order valence-electron chi connectivity index (χ0n) is 16.5. The minimum Gasteiger partial charge on any atom is -0.616 e. The summed E-state index contributed by atoms with van der Waals surface area (Å²) in [7, 11) is 0. The third-order valence-electron chi connectivity index (χ3n) is 4.57. The van der Waals surface area contributed by atoms with E-state index in [2.05, 4.69) is 4.98 Å². The van der Waals surface area contributed by atoms with E-state index in [0.717, 1.165) is 33.9 Å². The average molecular weight is 422 g/mol.